The van der Waals surface area contributed by atoms with Gasteiger partial charge in [-0.15, -0.1) is 11.3 Å². The lowest BCUT2D eigenvalue weighted by molar-refractivity contribution is 0.0896. The molecule has 2 aromatic heterocycles. The molecular weight excluding hydrogens is 248 g/mol. The van der Waals surface area contributed by atoms with Crippen LogP contribution in [0.15, 0.2) is 18.3 Å². The number of pyridine rings is 1. The van der Waals surface area contributed by atoms with Crippen LogP contribution >= 0.6 is 11.3 Å². The predicted molar refractivity (Wildman–Crippen MR) is 62.4 cm³/mol. The van der Waals surface area contributed by atoms with Crippen LogP contribution in [-0.2, 0) is 0 Å². The number of alkyl halides is 2. The van der Waals surface area contributed by atoms with Gasteiger partial charge in [-0.2, -0.15) is 0 Å². The molecule has 7 heteroatoms. The number of anilines is 1. The predicted octanol–water partition coefficient (Wildman–Crippen LogP) is 1.87. The number of fused-ring (bicyclic) bond motifs is 1. The van der Waals surface area contributed by atoms with Crippen molar-refractivity contribution in [2.24, 2.45) is 0 Å². The molecule has 2 aromatic rings. The van der Waals surface area contributed by atoms with Crippen LogP contribution in [-0.4, -0.2) is 23.9 Å². The maximum absolute atomic E-state index is 12.0. The number of rotatable bonds is 3. The van der Waals surface area contributed by atoms with Gasteiger partial charge in [0.1, 0.15) is 9.71 Å². The molecule has 2 rings (SSSR count). The minimum atomic E-state index is -2.58. The Bertz CT molecular complexity index is 555. The second-order valence-corrected chi connectivity index (χ2v) is 4.30. The lowest BCUT2D eigenvalue weighted by atomic mass is 10.2. The summed E-state index contributed by atoms with van der Waals surface area (Å²) in [6.07, 6.45) is -0.994. The van der Waals surface area contributed by atoms with E-state index in [4.69, 9.17) is 5.73 Å². The molecule has 0 aliphatic carbocycles. The highest BCUT2D eigenvalue weighted by molar-refractivity contribution is 7.21. The van der Waals surface area contributed by atoms with Crippen molar-refractivity contribution in [1.29, 1.82) is 0 Å². The number of carbonyl (C=O) groups is 1. The zero-order valence-electron chi connectivity index (χ0n) is 8.61. The third-order valence-electron chi connectivity index (χ3n) is 2.13. The summed E-state index contributed by atoms with van der Waals surface area (Å²) in [4.78, 5) is 16.5. The number of amides is 1. The Morgan fingerprint density at radius 1 is 1.59 bits per heavy atom. The van der Waals surface area contributed by atoms with Gasteiger partial charge in [-0.25, -0.2) is 13.8 Å². The van der Waals surface area contributed by atoms with Crippen LogP contribution < -0.4 is 11.1 Å². The van der Waals surface area contributed by atoms with Crippen molar-refractivity contribution >= 4 is 33.1 Å². The first kappa shape index (κ1) is 11.7. The van der Waals surface area contributed by atoms with Gasteiger partial charge in [-0.05, 0) is 12.1 Å². The number of aromatic nitrogens is 1. The van der Waals surface area contributed by atoms with Gasteiger partial charge in [0, 0.05) is 11.6 Å². The molecule has 4 nitrogen and oxygen atoms in total. The Kier molecular flexibility index (Phi) is 3.19. The van der Waals surface area contributed by atoms with Crippen molar-refractivity contribution in [2.75, 3.05) is 12.3 Å². The van der Waals surface area contributed by atoms with Gasteiger partial charge in [0.15, 0.2) is 0 Å². The fourth-order valence-corrected chi connectivity index (χ4v) is 2.35. The molecule has 0 spiro atoms. The van der Waals surface area contributed by atoms with E-state index in [-0.39, 0.29) is 10.6 Å². The van der Waals surface area contributed by atoms with Crippen LogP contribution in [0.3, 0.4) is 0 Å². The van der Waals surface area contributed by atoms with Crippen LogP contribution in [0.25, 0.3) is 10.2 Å². The lowest BCUT2D eigenvalue weighted by Gasteiger charge is -2.02. The summed E-state index contributed by atoms with van der Waals surface area (Å²) in [6, 6.07) is 3.43. The molecule has 0 fully saturated rings. The topological polar surface area (TPSA) is 68.0 Å². The highest BCUT2D eigenvalue weighted by Crippen LogP contribution is 2.31. The van der Waals surface area contributed by atoms with E-state index in [9.17, 15) is 13.6 Å². The largest absolute Gasteiger partial charge is 0.397 e. The summed E-state index contributed by atoms with van der Waals surface area (Å²) in [5, 5.41) is 2.78. The maximum Gasteiger partial charge on any atom is 0.263 e. The Hall–Kier alpha value is -1.76. The van der Waals surface area contributed by atoms with Crippen LogP contribution in [0.4, 0.5) is 14.5 Å². The average molecular weight is 257 g/mol. The van der Waals surface area contributed by atoms with Crippen LogP contribution in [0.5, 0.6) is 0 Å². The first-order valence-corrected chi connectivity index (χ1v) is 5.60. The number of halogens is 2. The fourth-order valence-electron chi connectivity index (χ4n) is 1.37. The summed E-state index contributed by atoms with van der Waals surface area (Å²) < 4.78 is 23.9. The van der Waals surface area contributed by atoms with E-state index in [0.717, 1.165) is 11.3 Å². The third-order valence-corrected chi connectivity index (χ3v) is 3.26. The van der Waals surface area contributed by atoms with Crippen LogP contribution in [0.1, 0.15) is 9.67 Å². The van der Waals surface area contributed by atoms with Crippen molar-refractivity contribution in [2.45, 2.75) is 6.43 Å². The van der Waals surface area contributed by atoms with Gasteiger partial charge < -0.3 is 11.1 Å². The molecule has 0 saturated heterocycles. The molecule has 0 atom stereocenters. The number of carbonyl (C=O) groups excluding carboxylic acids is 1. The molecule has 2 heterocycles. The van der Waals surface area contributed by atoms with Crippen LogP contribution in [0.2, 0.25) is 0 Å². The molecular formula is C10H9F2N3OS. The molecule has 90 valence electrons. The molecule has 0 radical (unpaired) electrons. The normalized spacial score (nSPS) is 11.0. The quantitative estimate of drug-likeness (QED) is 0.882. The number of nitrogens with one attached hydrogen (secondary N) is 1. The number of hydrogen-bond donors (Lipinski definition) is 2. The Morgan fingerprint density at radius 2 is 2.35 bits per heavy atom. The van der Waals surface area contributed by atoms with Gasteiger partial charge in [0.25, 0.3) is 12.3 Å². The number of thiophene rings is 1. The molecule has 0 aliphatic rings. The second kappa shape index (κ2) is 4.62. The van der Waals surface area contributed by atoms with Gasteiger partial charge in [-0.3, -0.25) is 4.79 Å². The SMILES string of the molecule is Nc1c(C(=O)NCC(F)F)sc2ncccc12. The molecule has 0 bridgehead atoms. The van der Waals surface area contributed by atoms with E-state index in [0.29, 0.717) is 10.2 Å². The van der Waals surface area contributed by atoms with Crippen LogP contribution in [0, 0.1) is 0 Å². The first-order chi connectivity index (χ1) is 8.09. The highest BCUT2D eigenvalue weighted by Gasteiger charge is 2.17. The van der Waals surface area contributed by atoms with Crippen molar-refractivity contribution < 1.29 is 13.6 Å². The van der Waals surface area contributed by atoms with Crippen molar-refractivity contribution in [3.63, 3.8) is 0 Å². The van der Waals surface area contributed by atoms with Gasteiger partial charge >= 0.3 is 0 Å². The molecule has 3 N–H and O–H groups in total. The molecule has 0 aliphatic heterocycles. The lowest BCUT2D eigenvalue weighted by Crippen LogP contribution is -2.28. The number of nitrogens with zero attached hydrogens (tertiary/aromatic N) is 1. The monoisotopic (exact) mass is 257 g/mol. The maximum atomic E-state index is 12.0. The molecule has 17 heavy (non-hydrogen) atoms. The Labute approximate surface area is 99.5 Å². The number of hydrogen-bond acceptors (Lipinski definition) is 4. The summed E-state index contributed by atoms with van der Waals surface area (Å²) in [5.41, 5.74) is 6.05. The molecule has 0 unspecified atom stereocenters. The van der Waals surface area contributed by atoms with E-state index in [2.05, 4.69) is 10.3 Å². The fraction of sp³-hybridized carbons (Fsp3) is 0.200. The third kappa shape index (κ3) is 2.33. The smallest absolute Gasteiger partial charge is 0.263 e. The zero-order valence-corrected chi connectivity index (χ0v) is 9.43. The minimum absolute atomic E-state index is 0.222. The average Bonchev–Trinajstić information content (AvgIpc) is 2.64. The Balaban J connectivity index is 2.29. The summed E-state index contributed by atoms with van der Waals surface area (Å²) >= 11 is 1.09. The van der Waals surface area contributed by atoms with Crippen molar-refractivity contribution in [3.05, 3.63) is 23.2 Å². The van der Waals surface area contributed by atoms with E-state index >= 15 is 0 Å². The van der Waals surface area contributed by atoms with Gasteiger partial charge in [0.05, 0.1) is 12.2 Å². The molecule has 0 saturated carbocycles. The van der Waals surface area contributed by atoms with E-state index < -0.39 is 18.9 Å². The number of nitrogen functional groups attached to an aromatic ring is 1. The van der Waals surface area contributed by atoms with E-state index in [1.165, 1.54) is 0 Å². The zero-order chi connectivity index (χ0) is 12.4. The van der Waals surface area contributed by atoms with Gasteiger partial charge in [-0.1, -0.05) is 0 Å². The second-order valence-electron chi connectivity index (χ2n) is 3.30. The summed E-state index contributed by atoms with van der Waals surface area (Å²) in [6.45, 7) is -0.681. The molecule has 0 aromatic carbocycles. The molecule has 1 amide bonds. The first-order valence-electron chi connectivity index (χ1n) is 4.79. The van der Waals surface area contributed by atoms with Gasteiger partial charge in [0.2, 0.25) is 0 Å². The minimum Gasteiger partial charge on any atom is -0.397 e. The number of nitrogens with two attached hydrogens (primary N) is 1. The van der Waals surface area contributed by atoms with E-state index in [1.54, 1.807) is 18.3 Å². The van der Waals surface area contributed by atoms with E-state index in [1.807, 2.05) is 0 Å². The summed E-state index contributed by atoms with van der Waals surface area (Å²) in [5.74, 6) is -0.592. The van der Waals surface area contributed by atoms with Crippen molar-refractivity contribution in [1.82, 2.24) is 10.3 Å². The highest BCUT2D eigenvalue weighted by atomic mass is 32.1. The van der Waals surface area contributed by atoms with Crippen molar-refractivity contribution in [3.8, 4) is 0 Å². The standard InChI is InChI=1S/C10H9F2N3OS/c11-6(12)4-15-9(16)8-7(13)5-2-1-3-14-10(5)17-8/h1-3,6H,4,13H2,(H,15,16). The summed E-state index contributed by atoms with van der Waals surface area (Å²) in [7, 11) is 0. The Morgan fingerprint density at radius 3 is 3.00 bits per heavy atom.